The number of methoxy groups -OCH3 is 1. The van der Waals surface area contributed by atoms with Crippen molar-refractivity contribution in [1.29, 1.82) is 0 Å². The lowest BCUT2D eigenvalue weighted by Gasteiger charge is -2.34. The molecule has 0 saturated carbocycles. The van der Waals surface area contributed by atoms with Crippen LogP contribution in [0.25, 0.3) is 0 Å². The van der Waals surface area contributed by atoms with Gasteiger partial charge in [0, 0.05) is 32.3 Å². The second-order valence-electron chi connectivity index (χ2n) is 7.72. The van der Waals surface area contributed by atoms with Gasteiger partial charge in [-0.05, 0) is 30.9 Å². The van der Waals surface area contributed by atoms with Gasteiger partial charge in [0.2, 0.25) is 5.91 Å². The Kier molecular flexibility index (Phi) is 7.94. The van der Waals surface area contributed by atoms with Crippen molar-refractivity contribution in [1.82, 2.24) is 20.0 Å². The molecule has 1 aliphatic heterocycles. The van der Waals surface area contributed by atoms with Gasteiger partial charge in [-0.2, -0.15) is 5.10 Å². The number of carbonyl (C=O) groups excluding carboxylic acids is 2. The average molecular weight is 427 g/mol. The molecule has 1 aliphatic rings. The molecule has 1 saturated heterocycles. The Labute approximate surface area is 182 Å². The summed E-state index contributed by atoms with van der Waals surface area (Å²) < 4.78 is 6.20. The summed E-state index contributed by atoms with van der Waals surface area (Å²) in [4.78, 5) is 39.4. The summed E-state index contributed by atoms with van der Waals surface area (Å²) in [5.41, 5.74) is 0.966. The van der Waals surface area contributed by atoms with Gasteiger partial charge in [0.15, 0.2) is 0 Å². The summed E-state index contributed by atoms with van der Waals surface area (Å²) in [6.45, 7) is 3.87. The number of benzene rings is 1. The molecule has 1 fully saturated rings. The molecule has 2 amide bonds. The molecule has 1 aromatic heterocycles. The largest absolute Gasteiger partial charge is 0.383 e. The van der Waals surface area contributed by atoms with E-state index in [1.165, 1.54) is 16.8 Å². The highest BCUT2D eigenvalue weighted by molar-refractivity contribution is 5.92. The molecule has 1 aromatic carbocycles. The van der Waals surface area contributed by atoms with Crippen LogP contribution in [0.2, 0.25) is 0 Å². The molecule has 2 aromatic rings. The highest BCUT2D eigenvalue weighted by Gasteiger charge is 2.29. The fourth-order valence-corrected chi connectivity index (χ4v) is 3.87. The van der Waals surface area contributed by atoms with Gasteiger partial charge in [0.25, 0.3) is 11.5 Å². The maximum Gasteiger partial charge on any atom is 0.271 e. The zero-order valence-corrected chi connectivity index (χ0v) is 18.1. The van der Waals surface area contributed by atoms with Gasteiger partial charge in [-0.1, -0.05) is 37.3 Å². The minimum atomic E-state index is -0.313. The van der Waals surface area contributed by atoms with E-state index in [-0.39, 0.29) is 41.6 Å². The predicted octanol–water partition coefficient (Wildman–Crippen LogP) is 1.80. The number of rotatable bonds is 8. The van der Waals surface area contributed by atoms with Crippen LogP contribution >= 0.6 is 0 Å². The van der Waals surface area contributed by atoms with Crippen LogP contribution in [0.3, 0.4) is 0 Å². The van der Waals surface area contributed by atoms with Gasteiger partial charge in [-0.15, -0.1) is 0 Å². The highest BCUT2D eigenvalue weighted by Crippen LogP contribution is 2.24. The number of ether oxygens (including phenoxy) is 1. The Morgan fingerprint density at radius 2 is 1.87 bits per heavy atom. The number of aromatic nitrogens is 2. The fourth-order valence-electron chi connectivity index (χ4n) is 3.87. The SMILES string of the molecule is CCC(C(=O)N1CCC(NC(=O)c2ccc(=O)n(CCOC)n2)CC1)c1ccccc1. The van der Waals surface area contributed by atoms with Crippen molar-refractivity contribution in [2.75, 3.05) is 26.8 Å². The Morgan fingerprint density at radius 3 is 2.52 bits per heavy atom. The van der Waals surface area contributed by atoms with Crippen molar-refractivity contribution < 1.29 is 14.3 Å². The Morgan fingerprint density at radius 1 is 1.16 bits per heavy atom. The molecule has 31 heavy (non-hydrogen) atoms. The second-order valence-corrected chi connectivity index (χ2v) is 7.72. The summed E-state index contributed by atoms with van der Waals surface area (Å²) in [5.74, 6) is -0.304. The second kappa shape index (κ2) is 10.9. The smallest absolute Gasteiger partial charge is 0.271 e. The van der Waals surface area contributed by atoms with Crippen LogP contribution in [-0.4, -0.2) is 59.3 Å². The maximum atomic E-state index is 13.0. The minimum absolute atomic E-state index is 0.0329. The molecule has 1 unspecified atom stereocenters. The van der Waals surface area contributed by atoms with Gasteiger partial charge in [-0.3, -0.25) is 14.4 Å². The molecule has 8 heteroatoms. The van der Waals surface area contributed by atoms with E-state index in [1.54, 1.807) is 7.11 Å². The van der Waals surface area contributed by atoms with Crippen molar-refractivity contribution in [3.05, 3.63) is 64.1 Å². The van der Waals surface area contributed by atoms with Crippen molar-refractivity contribution in [2.24, 2.45) is 0 Å². The monoisotopic (exact) mass is 426 g/mol. The average Bonchev–Trinajstić information content (AvgIpc) is 2.80. The van der Waals surface area contributed by atoms with Gasteiger partial charge in [-0.25, -0.2) is 4.68 Å². The summed E-state index contributed by atoms with van der Waals surface area (Å²) in [7, 11) is 1.54. The third kappa shape index (κ3) is 5.79. The van der Waals surface area contributed by atoms with Gasteiger partial charge in [0.1, 0.15) is 5.69 Å². The Hall–Kier alpha value is -3.00. The van der Waals surface area contributed by atoms with Crippen LogP contribution in [-0.2, 0) is 16.1 Å². The number of piperidine rings is 1. The minimum Gasteiger partial charge on any atom is -0.383 e. The first-order valence-corrected chi connectivity index (χ1v) is 10.7. The van der Waals surface area contributed by atoms with Crippen molar-refractivity contribution >= 4 is 11.8 Å². The number of amides is 2. The molecule has 0 aliphatic carbocycles. The Bertz CT molecular complexity index is 936. The summed E-state index contributed by atoms with van der Waals surface area (Å²) in [5, 5.41) is 7.12. The molecule has 166 valence electrons. The molecule has 0 spiro atoms. The Balaban J connectivity index is 1.56. The van der Waals surface area contributed by atoms with Crippen LogP contribution in [0.5, 0.6) is 0 Å². The van der Waals surface area contributed by atoms with Gasteiger partial charge < -0.3 is 15.0 Å². The normalized spacial score (nSPS) is 15.5. The van der Waals surface area contributed by atoms with E-state index in [0.29, 0.717) is 32.5 Å². The van der Waals surface area contributed by atoms with E-state index in [0.717, 1.165) is 12.0 Å². The van der Waals surface area contributed by atoms with E-state index in [4.69, 9.17) is 4.74 Å². The van der Waals surface area contributed by atoms with Crippen molar-refractivity contribution in [3.63, 3.8) is 0 Å². The first kappa shape index (κ1) is 22.7. The van der Waals surface area contributed by atoms with E-state index in [2.05, 4.69) is 10.4 Å². The summed E-state index contributed by atoms with van der Waals surface area (Å²) in [6, 6.07) is 12.6. The molecular formula is C23H30N4O4. The number of nitrogens with zero attached hydrogens (tertiary/aromatic N) is 3. The molecule has 1 atom stereocenters. The van der Waals surface area contributed by atoms with Crippen LogP contribution in [0.1, 0.15) is 48.2 Å². The maximum absolute atomic E-state index is 13.0. The molecule has 8 nitrogen and oxygen atoms in total. The van der Waals surface area contributed by atoms with Gasteiger partial charge in [0.05, 0.1) is 19.1 Å². The number of carbonyl (C=O) groups is 2. The lowest BCUT2D eigenvalue weighted by Crippen LogP contribution is -2.48. The number of hydrogen-bond acceptors (Lipinski definition) is 5. The third-order valence-corrected chi connectivity index (χ3v) is 5.66. The molecule has 0 radical (unpaired) electrons. The highest BCUT2D eigenvalue weighted by atomic mass is 16.5. The molecule has 0 bridgehead atoms. The number of nitrogens with one attached hydrogen (secondary N) is 1. The van der Waals surface area contributed by atoms with E-state index in [9.17, 15) is 14.4 Å². The first-order chi connectivity index (χ1) is 15.0. The van der Waals surface area contributed by atoms with E-state index >= 15 is 0 Å². The van der Waals surface area contributed by atoms with Crippen LogP contribution in [0.15, 0.2) is 47.3 Å². The van der Waals surface area contributed by atoms with Crippen molar-refractivity contribution in [3.8, 4) is 0 Å². The predicted molar refractivity (Wildman–Crippen MR) is 117 cm³/mol. The number of likely N-dealkylation sites (tertiary alicyclic amines) is 1. The van der Waals surface area contributed by atoms with Gasteiger partial charge >= 0.3 is 0 Å². The van der Waals surface area contributed by atoms with Crippen molar-refractivity contribution in [2.45, 2.75) is 44.7 Å². The third-order valence-electron chi connectivity index (χ3n) is 5.66. The van der Waals surface area contributed by atoms with Crippen LogP contribution in [0.4, 0.5) is 0 Å². The quantitative estimate of drug-likeness (QED) is 0.695. The molecule has 3 rings (SSSR count). The lowest BCUT2D eigenvalue weighted by molar-refractivity contribution is -0.134. The zero-order valence-electron chi connectivity index (χ0n) is 18.1. The molecule has 2 heterocycles. The van der Waals surface area contributed by atoms with E-state index < -0.39 is 0 Å². The number of hydrogen-bond donors (Lipinski definition) is 1. The fraction of sp³-hybridized carbons (Fsp3) is 0.478. The first-order valence-electron chi connectivity index (χ1n) is 10.7. The van der Waals surface area contributed by atoms with Crippen LogP contribution < -0.4 is 10.9 Å². The van der Waals surface area contributed by atoms with E-state index in [1.807, 2.05) is 42.2 Å². The lowest BCUT2D eigenvalue weighted by atomic mass is 9.93. The summed E-state index contributed by atoms with van der Waals surface area (Å²) in [6.07, 6.45) is 2.13. The topological polar surface area (TPSA) is 93.5 Å². The standard InChI is InChI=1S/C23H30N4O4/c1-3-19(17-7-5-4-6-8-17)23(30)26-13-11-18(12-14-26)24-22(29)20-9-10-21(28)27(25-20)15-16-31-2/h4-10,18-19H,3,11-16H2,1-2H3,(H,24,29). The zero-order chi connectivity index (χ0) is 22.2. The van der Waals surface area contributed by atoms with Crippen LogP contribution in [0, 0.1) is 0 Å². The molecular weight excluding hydrogens is 396 g/mol. The summed E-state index contributed by atoms with van der Waals surface area (Å²) >= 11 is 0. The molecule has 1 N–H and O–H groups in total.